The summed E-state index contributed by atoms with van der Waals surface area (Å²) in [6, 6.07) is 1.78. The molecule has 3 rings (SSSR count). The van der Waals surface area contributed by atoms with E-state index in [1.807, 2.05) is 16.8 Å². The highest BCUT2D eigenvalue weighted by Gasteiger charge is 2.46. The molecule has 1 aromatic heterocycles. The molecule has 5 nitrogen and oxygen atoms in total. The fraction of sp³-hybridized carbons (Fsp3) is 0.583. The number of thiophene rings is 1. The Hall–Kier alpha value is -0.920. The number of hydrogen-bond donors (Lipinski definition) is 0. The van der Waals surface area contributed by atoms with E-state index in [2.05, 4.69) is 0 Å². The van der Waals surface area contributed by atoms with E-state index in [0.29, 0.717) is 25.2 Å². The standard InChI is InChI=1S/C12H16N2O3S2/c1-19(16,17)14-4-2-9-6-13(7-11(9)14)12(15)10-3-5-18-8-10/h3,5,8-9,11H,2,4,6-7H2,1H3/t9-,11+/m1/s1. The van der Waals surface area contributed by atoms with Gasteiger partial charge in [-0.2, -0.15) is 15.6 Å². The van der Waals surface area contributed by atoms with Crippen molar-refractivity contribution in [3.8, 4) is 0 Å². The third-order valence-corrected chi connectivity index (χ3v) is 5.97. The first-order chi connectivity index (χ1) is 8.97. The van der Waals surface area contributed by atoms with Crippen LogP contribution >= 0.6 is 11.3 Å². The predicted molar refractivity (Wildman–Crippen MR) is 73.7 cm³/mol. The molecule has 0 aliphatic carbocycles. The smallest absolute Gasteiger partial charge is 0.254 e. The van der Waals surface area contributed by atoms with E-state index in [1.165, 1.54) is 17.6 Å². The van der Waals surface area contributed by atoms with Crippen molar-refractivity contribution in [3.05, 3.63) is 22.4 Å². The maximum Gasteiger partial charge on any atom is 0.254 e. The Kier molecular flexibility index (Phi) is 3.15. The van der Waals surface area contributed by atoms with Gasteiger partial charge in [-0.1, -0.05) is 0 Å². The fourth-order valence-electron chi connectivity index (χ4n) is 3.07. The summed E-state index contributed by atoms with van der Waals surface area (Å²) in [5.41, 5.74) is 0.705. The lowest BCUT2D eigenvalue weighted by molar-refractivity contribution is 0.0779. The highest BCUT2D eigenvalue weighted by atomic mass is 32.2. The van der Waals surface area contributed by atoms with Crippen LogP contribution in [0.4, 0.5) is 0 Å². The van der Waals surface area contributed by atoms with Crippen LogP contribution in [-0.2, 0) is 10.0 Å². The highest BCUT2D eigenvalue weighted by molar-refractivity contribution is 7.88. The van der Waals surface area contributed by atoms with Crippen molar-refractivity contribution < 1.29 is 13.2 Å². The largest absolute Gasteiger partial charge is 0.337 e. The van der Waals surface area contributed by atoms with Gasteiger partial charge in [0.15, 0.2) is 0 Å². The molecule has 0 radical (unpaired) electrons. The molecule has 2 atom stereocenters. The Balaban J connectivity index is 1.76. The summed E-state index contributed by atoms with van der Waals surface area (Å²) in [5, 5.41) is 3.72. The van der Waals surface area contributed by atoms with Gasteiger partial charge in [0, 0.05) is 31.1 Å². The van der Waals surface area contributed by atoms with Gasteiger partial charge in [-0.3, -0.25) is 4.79 Å². The average molecular weight is 300 g/mol. The van der Waals surface area contributed by atoms with Crippen molar-refractivity contribution in [1.82, 2.24) is 9.21 Å². The first kappa shape index (κ1) is 13.1. The maximum absolute atomic E-state index is 12.3. The molecular weight excluding hydrogens is 284 g/mol. The van der Waals surface area contributed by atoms with Gasteiger partial charge in [-0.25, -0.2) is 8.42 Å². The first-order valence-corrected chi connectivity index (χ1v) is 9.04. The number of fused-ring (bicyclic) bond motifs is 1. The number of rotatable bonds is 2. The second-order valence-corrected chi connectivity index (χ2v) is 7.93. The molecule has 2 fully saturated rings. The number of amides is 1. The minimum absolute atomic E-state index is 0.0177. The summed E-state index contributed by atoms with van der Waals surface area (Å²) in [6.07, 6.45) is 2.10. The summed E-state index contributed by atoms with van der Waals surface area (Å²) < 4.78 is 25.0. The van der Waals surface area contributed by atoms with Crippen molar-refractivity contribution >= 4 is 27.3 Å². The third kappa shape index (κ3) is 2.30. The SMILES string of the molecule is CS(=O)(=O)N1CC[C@@H]2CN(C(=O)c3ccsc3)C[C@@H]21. The first-order valence-electron chi connectivity index (χ1n) is 6.25. The zero-order chi connectivity index (χ0) is 13.6. The Morgan fingerprint density at radius 2 is 2.21 bits per heavy atom. The Morgan fingerprint density at radius 3 is 2.84 bits per heavy atom. The van der Waals surface area contributed by atoms with E-state index in [9.17, 15) is 13.2 Å². The van der Waals surface area contributed by atoms with Gasteiger partial charge in [-0.05, 0) is 23.8 Å². The lowest BCUT2D eigenvalue weighted by Crippen LogP contribution is -2.40. The molecule has 0 bridgehead atoms. The molecule has 1 amide bonds. The van der Waals surface area contributed by atoms with Crippen LogP contribution in [0.15, 0.2) is 16.8 Å². The van der Waals surface area contributed by atoms with Crippen LogP contribution < -0.4 is 0 Å². The minimum atomic E-state index is -3.16. The molecule has 3 heterocycles. The molecule has 2 aliphatic rings. The summed E-state index contributed by atoms with van der Waals surface area (Å²) in [5.74, 6) is 0.307. The van der Waals surface area contributed by atoms with Crippen LogP contribution in [0, 0.1) is 5.92 Å². The van der Waals surface area contributed by atoms with Crippen LogP contribution in [0.1, 0.15) is 16.8 Å². The maximum atomic E-state index is 12.3. The van der Waals surface area contributed by atoms with Gasteiger partial charge in [0.25, 0.3) is 5.91 Å². The molecule has 7 heteroatoms. The van der Waals surface area contributed by atoms with Gasteiger partial charge in [0.2, 0.25) is 10.0 Å². The predicted octanol–water partition coefficient (Wildman–Crippen LogP) is 0.854. The van der Waals surface area contributed by atoms with Gasteiger partial charge < -0.3 is 4.90 Å². The molecule has 104 valence electrons. The summed E-state index contributed by atoms with van der Waals surface area (Å²) >= 11 is 1.50. The van der Waals surface area contributed by atoms with Crippen molar-refractivity contribution in [2.45, 2.75) is 12.5 Å². The van der Waals surface area contributed by atoms with Crippen molar-refractivity contribution in [2.75, 3.05) is 25.9 Å². The Bertz CT molecular complexity index is 582. The lowest BCUT2D eigenvalue weighted by Gasteiger charge is -2.22. The van der Waals surface area contributed by atoms with Gasteiger partial charge >= 0.3 is 0 Å². The van der Waals surface area contributed by atoms with Crippen LogP contribution in [-0.4, -0.2) is 55.5 Å². The number of hydrogen-bond acceptors (Lipinski definition) is 4. The van der Waals surface area contributed by atoms with Crippen LogP contribution in [0.2, 0.25) is 0 Å². The average Bonchev–Trinajstić information content (AvgIpc) is 3.02. The highest BCUT2D eigenvalue weighted by Crippen LogP contribution is 2.33. The molecule has 1 aromatic rings. The molecule has 0 unspecified atom stereocenters. The van der Waals surface area contributed by atoms with Crippen molar-refractivity contribution in [3.63, 3.8) is 0 Å². The van der Waals surface area contributed by atoms with E-state index in [4.69, 9.17) is 0 Å². The van der Waals surface area contributed by atoms with E-state index in [-0.39, 0.29) is 17.9 Å². The summed E-state index contributed by atoms with van der Waals surface area (Å²) in [7, 11) is -3.16. The monoisotopic (exact) mass is 300 g/mol. The Labute approximate surface area is 116 Å². The van der Waals surface area contributed by atoms with E-state index >= 15 is 0 Å². The van der Waals surface area contributed by atoms with Gasteiger partial charge in [0.1, 0.15) is 0 Å². The number of nitrogens with zero attached hydrogens (tertiary/aromatic N) is 2. The third-order valence-electron chi connectivity index (χ3n) is 3.98. The molecule has 2 saturated heterocycles. The molecule has 0 aromatic carbocycles. The summed E-state index contributed by atoms with van der Waals surface area (Å²) in [6.45, 7) is 1.78. The van der Waals surface area contributed by atoms with Crippen LogP contribution in [0.5, 0.6) is 0 Å². The number of carbonyl (C=O) groups is 1. The molecule has 0 N–H and O–H groups in total. The number of sulfonamides is 1. The second kappa shape index (κ2) is 4.57. The minimum Gasteiger partial charge on any atom is -0.337 e. The van der Waals surface area contributed by atoms with Crippen LogP contribution in [0.3, 0.4) is 0 Å². The zero-order valence-corrected chi connectivity index (χ0v) is 12.3. The van der Waals surface area contributed by atoms with Gasteiger partial charge in [-0.15, -0.1) is 0 Å². The topological polar surface area (TPSA) is 57.7 Å². The molecular formula is C12H16N2O3S2. The van der Waals surface area contributed by atoms with Gasteiger partial charge in [0.05, 0.1) is 11.8 Å². The fourth-order valence-corrected chi connectivity index (χ4v) is 4.87. The molecule has 0 spiro atoms. The second-order valence-electron chi connectivity index (χ2n) is 5.21. The van der Waals surface area contributed by atoms with E-state index in [0.717, 1.165) is 6.42 Å². The molecule has 2 aliphatic heterocycles. The zero-order valence-electron chi connectivity index (χ0n) is 10.7. The quantitative estimate of drug-likeness (QED) is 0.814. The van der Waals surface area contributed by atoms with Crippen molar-refractivity contribution in [1.29, 1.82) is 0 Å². The lowest BCUT2D eigenvalue weighted by atomic mass is 10.1. The summed E-state index contributed by atoms with van der Waals surface area (Å²) in [4.78, 5) is 14.0. The normalized spacial score (nSPS) is 27.7. The molecule has 19 heavy (non-hydrogen) atoms. The van der Waals surface area contributed by atoms with Crippen molar-refractivity contribution in [2.24, 2.45) is 5.92 Å². The van der Waals surface area contributed by atoms with E-state index < -0.39 is 10.0 Å². The Morgan fingerprint density at radius 1 is 1.42 bits per heavy atom. The molecule has 0 saturated carbocycles. The number of carbonyl (C=O) groups excluding carboxylic acids is 1. The van der Waals surface area contributed by atoms with Crippen LogP contribution in [0.25, 0.3) is 0 Å². The van der Waals surface area contributed by atoms with E-state index in [1.54, 1.807) is 9.21 Å². The number of likely N-dealkylation sites (tertiary alicyclic amines) is 1.